The summed E-state index contributed by atoms with van der Waals surface area (Å²) >= 11 is 0.933. The molecule has 1 aromatic rings. The summed E-state index contributed by atoms with van der Waals surface area (Å²) < 4.78 is 13.8. The molecule has 0 fully saturated rings. The highest BCUT2D eigenvalue weighted by molar-refractivity contribution is 7.99. The van der Waals surface area contributed by atoms with Gasteiger partial charge < -0.3 is 10.4 Å². The van der Waals surface area contributed by atoms with Crippen LogP contribution in [0.15, 0.2) is 11.4 Å². The molecule has 0 radical (unpaired) electrons. The molecule has 6 nitrogen and oxygen atoms in total. The predicted octanol–water partition coefficient (Wildman–Crippen LogP) is 0.859. The van der Waals surface area contributed by atoms with Gasteiger partial charge in [0.1, 0.15) is 17.4 Å². The van der Waals surface area contributed by atoms with Gasteiger partial charge in [0.05, 0.1) is 5.69 Å². The molecule has 0 aliphatic heterocycles. The highest BCUT2D eigenvalue weighted by Crippen LogP contribution is 2.21. The number of thioether (sulfide) groups is 1. The molecule has 1 rings (SSSR count). The molecule has 1 atom stereocenters. The first-order chi connectivity index (χ1) is 8.95. The Balaban J connectivity index is 2.74. The number of hydrogen-bond donors (Lipinski definition) is 2. The molecule has 1 heterocycles. The smallest absolute Gasteiger partial charge is 0.327 e. The number of amides is 1. The van der Waals surface area contributed by atoms with Crippen molar-refractivity contribution < 1.29 is 19.1 Å². The topological polar surface area (TPSA) is 92.2 Å². The quantitative estimate of drug-likeness (QED) is 0.595. The minimum Gasteiger partial charge on any atom is -0.480 e. The molecule has 1 amide bonds. The van der Waals surface area contributed by atoms with E-state index in [0.717, 1.165) is 11.8 Å². The molecule has 8 heteroatoms. The van der Waals surface area contributed by atoms with Gasteiger partial charge in [-0.3, -0.25) is 4.79 Å². The van der Waals surface area contributed by atoms with Gasteiger partial charge >= 0.3 is 5.97 Å². The average molecular weight is 287 g/mol. The summed E-state index contributed by atoms with van der Waals surface area (Å²) in [5.74, 6) is -2.17. The van der Waals surface area contributed by atoms with Gasteiger partial charge in [-0.1, -0.05) is 6.92 Å². The van der Waals surface area contributed by atoms with Gasteiger partial charge in [-0.2, -0.15) is 0 Å². The van der Waals surface area contributed by atoms with E-state index in [1.807, 2.05) is 0 Å². The van der Waals surface area contributed by atoms with Gasteiger partial charge in [0.25, 0.3) is 0 Å². The fraction of sp³-hybridized carbons (Fsp3) is 0.455. The molecule has 0 bridgehead atoms. The Morgan fingerprint density at radius 1 is 1.53 bits per heavy atom. The third-order valence-corrected chi connectivity index (χ3v) is 3.28. The van der Waals surface area contributed by atoms with Gasteiger partial charge in [-0.15, -0.1) is 11.8 Å². The zero-order chi connectivity index (χ0) is 14.4. The summed E-state index contributed by atoms with van der Waals surface area (Å²) in [4.78, 5) is 29.3. The highest BCUT2D eigenvalue weighted by atomic mass is 32.2. The number of aromatic nitrogens is 2. The summed E-state index contributed by atoms with van der Waals surface area (Å²) in [5.41, 5.74) is 0.281. The van der Waals surface area contributed by atoms with Crippen LogP contribution in [-0.2, 0) is 16.0 Å². The fourth-order valence-corrected chi connectivity index (χ4v) is 2.23. The largest absolute Gasteiger partial charge is 0.480 e. The first kappa shape index (κ1) is 15.4. The van der Waals surface area contributed by atoms with E-state index < -0.39 is 23.7 Å². The molecular weight excluding hydrogens is 273 g/mol. The maximum Gasteiger partial charge on any atom is 0.327 e. The first-order valence-corrected chi connectivity index (χ1v) is 6.56. The van der Waals surface area contributed by atoms with Crippen molar-refractivity contribution in [3.05, 3.63) is 17.8 Å². The number of nitrogens with zero attached hydrogens (tertiary/aromatic N) is 2. The van der Waals surface area contributed by atoms with Crippen LogP contribution in [0.1, 0.15) is 19.5 Å². The zero-order valence-electron chi connectivity index (χ0n) is 10.5. The molecule has 1 aromatic heterocycles. The summed E-state index contributed by atoms with van der Waals surface area (Å²) in [6, 6.07) is -1.08. The maximum atomic E-state index is 13.8. The molecule has 104 valence electrons. The number of aryl methyl sites for hydroxylation is 1. The Labute approximate surface area is 113 Å². The van der Waals surface area contributed by atoms with E-state index in [1.54, 1.807) is 6.92 Å². The Morgan fingerprint density at radius 3 is 2.74 bits per heavy atom. The van der Waals surface area contributed by atoms with Gasteiger partial charge in [-0.25, -0.2) is 19.2 Å². The molecule has 0 aliphatic rings. The second kappa shape index (κ2) is 7.03. The zero-order valence-corrected chi connectivity index (χ0v) is 11.3. The number of halogens is 1. The molecule has 0 saturated heterocycles. The number of nitrogens with one attached hydrogen (secondary N) is 1. The third-order valence-electron chi connectivity index (χ3n) is 2.23. The number of carbonyl (C=O) groups excluding carboxylic acids is 1. The van der Waals surface area contributed by atoms with E-state index in [9.17, 15) is 14.0 Å². The Morgan fingerprint density at radius 2 is 2.21 bits per heavy atom. The number of aliphatic carboxylic acids is 1. The molecular formula is C11H14FN3O3S. The predicted molar refractivity (Wildman–Crippen MR) is 67.3 cm³/mol. The van der Waals surface area contributed by atoms with Crippen LogP contribution in [0.25, 0.3) is 0 Å². The first-order valence-electron chi connectivity index (χ1n) is 5.57. The minimum atomic E-state index is -1.17. The van der Waals surface area contributed by atoms with E-state index in [2.05, 4.69) is 15.3 Å². The second-order valence-corrected chi connectivity index (χ2v) is 4.70. The average Bonchev–Trinajstić information content (AvgIpc) is 2.35. The van der Waals surface area contributed by atoms with Crippen LogP contribution < -0.4 is 5.32 Å². The van der Waals surface area contributed by atoms with Crippen molar-refractivity contribution in [3.63, 3.8) is 0 Å². The number of carboxylic acid groups (broad SMARTS) is 1. The third kappa shape index (κ3) is 4.47. The minimum absolute atomic E-state index is 0.00794. The van der Waals surface area contributed by atoms with Gasteiger partial charge in [0, 0.05) is 12.7 Å². The molecule has 0 aromatic carbocycles. The number of carboxylic acids is 1. The standard InChI is InChI=1S/C11H14FN3O3S/c1-3-7-9(12)10(14-5-13-7)19-4-8(11(17)18)15-6(2)16/h5,8H,3-4H2,1-2H3,(H,15,16)(H,17,18). The maximum absolute atomic E-state index is 13.8. The second-order valence-electron chi connectivity index (χ2n) is 3.70. The number of rotatable bonds is 6. The lowest BCUT2D eigenvalue weighted by Crippen LogP contribution is -2.41. The molecule has 0 aliphatic carbocycles. The lowest BCUT2D eigenvalue weighted by molar-refractivity contribution is -0.140. The van der Waals surface area contributed by atoms with Crippen molar-refractivity contribution >= 4 is 23.6 Å². The van der Waals surface area contributed by atoms with Gasteiger partial charge in [-0.05, 0) is 6.42 Å². The molecule has 19 heavy (non-hydrogen) atoms. The summed E-state index contributed by atoms with van der Waals surface area (Å²) in [7, 11) is 0. The van der Waals surface area contributed by atoms with Crippen LogP contribution in [-0.4, -0.2) is 38.7 Å². The van der Waals surface area contributed by atoms with Crippen molar-refractivity contribution in [2.75, 3.05) is 5.75 Å². The van der Waals surface area contributed by atoms with Gasteiger partial charge in [0.15, 0.2) is 5.82 Å². The molecule has 0 spiro atoms. The highest BCUT2D eigenvalue weighted by Gasteiger charge is 2.20. The van der Waals surface area contributed by atoms with Crippen LogP contribution in [0.2, 0.25) is 0 Å². The monoisotopic (exact) mass is 287 g/mol. The summed E-state index contributed by atoms with van der Waals surface area (Å²) in [6.45, 7) is 2.98. The van der Waals surface area contributed by atoms with Crippen molar-refractivity contribution in [1.82, 2.24) is 15.3 Å². The molecule has 1 unspecified atom stereocenters. The van der Waals surface area contributed by atoms with E-state index in [0.29, 0.717) is 6.42 Å². The van der Waals surface area contributed by atoms with E-state index in [1.165, 1.54) is 13.3 Å². The lowest BCUT2D eigenvalue weighted by atomic mass is 10.3. The van der Waals surface area contributed by atoms with Crippen LogP contribution >= 0.6 is 11.8 Å². The van der Waals surface area contributed by atoms with Crippen LogP contribution in [0.3, 0.4) is 0 Å². The SMILES string of the molecule is CCc1ncnc(SCC(NC(C)=O)C(=O)O)c1F. The van der Waals surface area contributed by atoms with E-state index in [-0.39, 0.29) is 16.5 Å². The Hall–Kier alpha value is -1.70. The van der Waals surface area contributed by atoms with Crippen molar-refractivity contribution in [1.29, 1.82) is 0 Å². The van der Waals surface area contributed by atoms with Gasteiger partial charge in [0.2, 0.25) is 5.91 Å². The number of carbonyl (C=O) groups is 2. The Bertz CT molecular complexity index is 484. The molecule has 2 N–H and O–H groups in total. The lowest BCUT2D eigenvalue weighted by Gasteiger charge is -2.12. The summed E-state index contributed by atoms with van der Waals surface area (Å²) in [5, 5.41) is 11.3. The van der Waals surface area contributed by atoms with Crippen molar-refractivity contribution in [2.45, 2.75) is 31.3 Å². The van der Waals surface area contributed by atoms with E-state index >= 15 is 0 Å². The van der Waals surface area contributed by atoms with Crippen molar-refractivity contribution in [2.24, 2.45) is 0 Å². The Kier molecular flexibility index (Phi) is 5.68. The van der Waals surface area contributed by atoms with Crippen molar-refractivity contribution in [3.8, 4) is 0 Å². The van der Waals surface area contributed by atoms with Crippen LogP contribution in [0.4, 0.5) is 4.39 Å². The van der Waals surface area contributed by atoms with Crippen LogP contribution in [0.5, 0.6) is 0 Å². The fourth-order valence-electron chi connectivity index (χ4n) is 1.32. The van der Waals surface area contributed by atoms with Crippen LogP contribution in [0, 0.1) is 5.82 Å². The number of hydrogen-bond acceptors (Lipinski definition) is 5. The van der Waals surface area contributed by atoms with E-state index in [4.69, 9.17) is 5.11 Å². The normalized spacial score (nSPS) is 11.9. The summed E-state index contributed by atoms with van der Waals surface area (Å²) in [6.07, 6.45) is 1.66. The molecule has 0 saturated carbocycles.